The average molecular weight is 339 g/mol. The fourth-order valence-electron chi connectivity index (χ4n) is 7.47. The van der Waals surface area contributed by atoms with Crippen molar-refractivity contribution in [2.75, 3.05) is 0 Å². The minimum absolute atomic E-state index is 0.0209. The largest absolute Gasteiger partial charge is 0.299 e. The summed E-state index contributed by atoms with van der Waals surface area (Å²) in [5, 5.41) is 9.54. The third-order valence-corrected chi connectivity index (χ3v) is 8.76. The van der Waals surface area contributed by atoms with E-state index in [1.807, 2.05) is 19.9 Å². The molecule has 0 aliphatic heterocycles. The number of nitriles is 1. The van der Waals surface area contributed by atoms with Crippen molar-refractivity contribution in [1.82, 2.24) is 0 Å². The molecule has 0 aromatic heterocycles. The molecule has 134 valence electrons. The van der Waals surface area contributed by atoms with E-state index >= 15 is 0 Å². The van der Waals surface area contributed by atoms with Crippen LogP contribution in [0.5, 0.6) is 0 Å². The fraction of sp³-hybridized carbons (Fsp3) is 0.773. The standard InChI is InChI=1S/C22H29NO2/c1-20(2)17-7-5-14-15-6-8-18(24)21(15,3)10-9-16(14)22(17,4)11-13(12-23)19(20)25/h11,14-17H,5-10H2,1-4H3. The van der Waals surface area contributed by atoms with Crippen molar-refractivity contribution in [1.29, 1.82) is 5.26 Å². The smallest absolute Gasteiger partial charge is 0.178 e. The second kappa shape index (κ2) is 5.06. The van der Waals surface area contributed by atoms with Gasteiger partial charge in [0.1, 0.15) is 11.9 Å². The van der Waals surface area contributed by atoms with Crippen LogP contribution in [0.3, 0.4) is 0 Å². The summed E-state index contributed by atoms with van der Waals surface area (Å²) in [6, 6.07) is 2.18. The van der Waals surface area contributed by atoms with Gasteiger partial charge in [0.15, 0.2) is 5.78 Å². The molecule has 6 unspecified atom stereocenters. The first kappa shape index (κ1) is 17.0. The van der Waals surface area contributed by atoms with Gasteiger partial charge in [-0.3, -0.25) is 9.59 Å². The molecule has 0 radical (unpaired) electrons. The molecule has 4 aliphatic rings. The number of hydrogen-bond acceptors (Lipinski definition) is 3. The lowest BCUT2D eigenvalue weighted by atomic mass is 9.42. The lowest BCUT2D eigenvalue weighted by Gasteiger charge is -2.61. The molecule has 0 spiro atoms. The Balaban J connectivity index is 1.79. The maximum atomic E-state index is 12.8. The van der Waals surface area contributed by atoms with Gasteiger partial charge in [-0.05, 0) is 61.2 Å². The summed E-state index contributed by atoms with van der Waals surface area (Å²) in [5.41, 5.74) is -0.323. The van der Waals surface area contributed by atoms with Crippen molar-refractivity contribution < 1.29 is 9.59 Å². The summed E-state index contributed by atoms with van der Waals surface area (Å²) in [4.78, 5) is 25.3. The van der Waals surface area contributed by atoms with Crippen LogP contribution in [0.25, 0.3) is 0 Å². The minimum atomic E-state index is -0.466. The number of nitrogens with zero attached hydrogens (tertiary/aromatic N) is 1. The van der Waals surface area contributed by atoms with E-state index in [-0.39, 0.29) is 16.6 Å². The van der Waals surface area contributed by atoms with Gasteiger partial charge in [0.25, 0.3) is 0 Å². The summed E-state index contributed by atoms with van der Waals surface area (Å²) in [5.74, 6) is 2.34. The molecule has 3 nitrogen and oxygen atoms in total. The Bertz CT molecular complexity index is 727. The Hall–Kier alpha value is -1.43. The van der Waals surface area contributed by atoms with E-state index in [0.717, 1.165) is 38.5 Å². The molecule has 3 heteroatoms. The summed E-state index contributed by atoms with van der Waals surface area (Å²) in [6.45, 7) is 8.56. The summed E-state index contributed by atoms with van der Waals surface area (Å²) < 4.78 is 0. The SMILES string of the molecule is CC1(C)C(=O)C(C#N)=CC2(C)C3CCC4(C)C(=O)CCC4C3CCC12. The molecule has 0 saturated heterocycles. The van der Waals surface area contributed by atoms with E-state index in [2.05, 4.69) is 19.9 Å². The number of ketones is 2. The van der Waals surface area contributed by atoms with Gasteiger partial charge in [-0.25, -0.2) is 0 Å². The first-order valence-electron chi connectivity index (χ1n) is 9.87. The maximum absolute atomic E-state index is 12.8. The zero-order valence-electron chi connectivity index (χ0n) is 15.9. The van der Waals surface area contributed by atoms with Gasteiger partial charge in [0.05, 0.1) is 5.57 Å². The van der Waals surface area contributed by atoms with Crippen molar-refractivity contribution in [2.45, 2.75) is 66.2 Å². The monoisotopic (exact) mass is 339 g/mol. The molecule has 4 rings (SSSR count). The average Bonchev–Trinajstić information content (AvgIpc) is 2.86. The Kier molecular flexibility index (Phi) is 3.44. The molecule has 0 aromatic carbocycles. The molecule has 0 aromatic rings. The molecule has 0 amide bonds. The highest BCUT2D eigenvalue weighted by atomic mass is 16.1. The number of allylic oxidation sites excluding steroid dienone is 2. The van der Waals surface area contributed by atoms with Crippen LogP contribution < -0.4 is 0 Å². The van der Waals surface area contributed by atoms with Gasteiger partial charge >= 0.3 is 0 Å². The molecule has 0 N–H and O–H groups in total. The predicted octanol–water partition coefficient (Wildman–Crippen LogP) is 4.47. The lowest BCUT2D eigenvalue weighted by molar-refractivity contribution is -0.145. The van der Waals surface area contributed by atoms with Crippen LogP contribution in [0, 0.1) is 51.2 Å². The maximum Gasteiger partial charge on any atom is 0.178 e. The third-order valence-electron chi connectivity index (χ3n) is 8.76. The first-order valence-corrected chi connectivity index (χ1v) is 9.87. The van der Waals surface area contributed by atoms with E-state index < -0.39 is 5.41 Å². The topological polar surface area (TPSA) is 57.9 Å². The first-order chi connectivity index (χ1) is 11.7. The van der Waals surface area contributed by atoms with E-state index in [4.69, 9.17) is 0 Å². The summed E-state index contributed by atoms with van der Waals surface area (Å²) in [6.07, 6.45) is 8.00. The normalized spacial score (nSPS) is 48.0. The predicted molar refractivity (Wildman–Crippen MR) is 95.4 cm³/mol. The number of rotatable bonds is 0. The van der Waals surface area contributed by atoms with Crippen molar-refractivity contribution >= 4 is 11.6 Å². The van der Waals surface area contributed by atoms with Crippen molar-refractivity contribution in [3.05, 3.63) is 11.6 Å². The number of carbonyl (C=O) groups excluding carboxylic acids is 2. The zero-order valence-corrected chi connectivity index (χ0v) is 15.9. The van der Waals surface area contributed by atoms with Gasteiger partial charge in [0, 0.05) is 17.3 Å². The van der Waals surface area contributed by atoms with Crippen molar-refractivity contribution in [2.24, 2.45) is 39.9 Å². The zero-order chi connectivity index (χ0) is 18.2. The van der Waals surface area contributed by atoms with Crippen LogP contribution in [0.2, 0.25) is 0 Å². The van der Waals surface area contributed by atoms with Gasteiger partial charge < -0.3 is 0 Å². The summed E-state index contributed by atoms with van der Waals surface area (Å²) in [7, 11) is 0. The second-order valence-corrected chi connectivity index (χ2v) is 10.0. The molecule has 3 fully saturated rings. The Labute approximate surface area is 150 Å². The quantitative estimate of drug-likeness (QED) is 0.654. The van der Waals surface area contributed by atoms with E-state index in [1.165, 1.54) is 0 Å². The van der Waals surface area contributed by atoms with Crippen LogP contribution in [0.1, 0.15) is 66.2 Å². The van der Waals surface area contributed by atoms with Crippen LogP contribution in [-0.4, -0.2) is 11.6 Å². The fourth-order valence-corrected chi connectivity index (χ4v) is 7.47. The van der Waals surface area contributed by atoms with Gasteiger partial charge in [-0.15, -0.1) is 0 Å². The minimum Gasteiger partial charge on any atom is -0.299 e. The van der Waals surface area contributed by atoms with Crippen LogP contribution >= 0.6 is 0 Å². The van der Waals surface area contributed by atoms with Crippen LogP contribution in [0.15, 0.2) is 11.6 Å². The highest BCUT2D eigenvalue weighted by Crippen LogP contribution is 2.66. The van der Waals surface area contributed by atoms with Gasteiger partial charge in [-0.2, -0.15) is 5.26 Å². The van der Waals surface area contributed by atoms with Crippen molar-refractivity contribution in [3.63, 3.8) is 0 Å². The Morgan fingerprint density at radius 1 is 1.04 bits per heavy atom. The molecule has 4 aliphatic carbocycles. The molecule has 0 bridgehead atoms. The lowest BCUT2D eigenvalue weighted by Crippen LogP contribution is -2.57. The van der Waals surface area contributed by atoms with E-state index in [0.29, 0.717) is 35.0 Å². The summed E-state index contributed by atoms with van der Waals surface area (Å²) >= 11 is 0. The number of hydrogen-bond donors (Lipinski definition) is 0. The highest BCUT2D eigenvalue weighted by molar-refractivity contribution is 6.04. The van der Waals surface area contributed by atoms with Gasteiger partial charge in [0.2, 0.25) is 0 Å². The van der Waals surface area contributed by atoms with Crippen LogP contribution in [-0.2, 0) is 9.59 Å². The molecular formula is C22H29NO2. The van der Waals surface area contributed by atoms with Crippen molar-refractivity contribution in [3.8, 4) is 6.07 Å². The molecule has 0 heterocycles. The Morgan fingerprint density at radius 2 is 1.76 bits per heavy atom. The second-order valence-electron chi connectivity index (χ2n) is 10.0. The van der Waals surface area contributed by atoms with E-state index in [9.17, 15) is 14.9 Å². The number of Topliss-reactive ketones (excluding diaryl/α,β-unsaturated/α-hetero) is 2. The highest BCUT2D eigenvalue weighted by Gasteiger charge is 2.63. The van der Waals surface area contributed by atoms with Crippen LogP contribution in [0.4, 0.5) is 0 Å². The number of fused-ring (bicyclic) bond motifs is 5. The van der Waals surface area contributed by atoms with E-state index in [1.54, 1.807) is 0 Å². The Morgan fingerprint density at radius 3 is 2.44 bits per heavy atom. The molecule has 6 atom stereocenters. The molecular weight excluding hydrogens is 310 g/mol. The molecule has 25 heavy (non-hydrogen) atoms. The molecule has 3 saturated carbocycles. The van der Waals surface area contributed by atoms with Gasteiger partial charge in [-0.1, -0.05) is 33.8 Å². The third kappa shape index (κ3) is 1.97. The number of carbonyl (C=O) groups is 2.